The largest absolute Gasteiger partial charge is 0.495 e. The molecule has 4 N–H and O–H groups in total. The highest BCUT2D eigenvalue weighted by atomic mass is 32.1. The monoisotopic (exact) mass is 606 g/mol. The third-order valence-corrected chi connectivity index (χ3v) is 9.31. The molecular weight excluding hydrogens is 564 g/mol. The first-order valence-corrected chi connectivity index (χ1v) is 15.6. The smallest absolute Gasteiger partial charge is 0.300 e. The Hall–Kier alpha value is -3.74. The van der Waals surface area contributed by atoms with E-state index in [4.69, 9.17) is 25.5 Å². The molecule has 0 amide bonds. The molecule has 1 saturated heterocycles. The number of hydrogen-bond acceptors (Lipinski definition) is 10. The summed E-state index contributed by atoms with van der Waals surface area (Å²) in [6.07, 6.45) is 6.10. The summed E-state index contributed by atoms with van der Waals surface area (Å²) in [4.78, 5) is 25.7. The highest BCUT2D eigenvalue weighted by molar-refractivity contribution is 7.11. The van der Waals surface area contributed by atoms with Crippen LogP contribution in [0, 0.1) is 6.92 Å². The number of hydrogen-bond donors (Lipinski definition) is 3. The van der Waals surface area contributed by atoms with Gasteiger partial charge in [-0.2, -0.15) is 5.10 Å². The number of carboxylic acid groups (broad SMARTS) is 1. The summed E-state index contributed by atoms with van der Waals surface area (Å²) in [7, 11) is 3.92. The van der Waals surface area contributed by atoms with Crippen LogP contribution in [0.4, 0.5) is 11.5 Å². The molecular formula is C31H42N8O3S. The molecule has 0 radical (unpaired) electrons. The van der Waals surface area contributed by atoms with E-state index in [1.54, 1.807) is 24.8 Å². The highest BCUT2D eigenvalue weighted by Gasteiger charge is 2.30. The number of carboxylic acids is 1. The van der Waals surface area contributed by atoms with Gasteiger partial charge in [0, 0.05) is 61.0 Å². The van der Waals surface area contributed by atoms with Gasteiger partial charge in [-0.1, -0.05) is 6.07 Å². The summed E-state index contributed by atoms with van der Waals surface area (Å²) in [5, 5.41) is 16.9. The molecule has 1 aliphatic carbocycles. The van der Waals surface area contributed by atoms with Gasteiger partial charge >= 0.3 is 0 Å². The van der Waals surface area contributed by atoms with Crippen molar-refractivity contribution in [2.45, 2.75) is 58.2 Å². The molecule has 4 aromatic rings. The molecule has 1 aromatic carbocycles. The number of benzene rings is 1. The first-order valence-electron chi connectivity index (χ1n) is 14.8. The fraction of sp³-hybridized carbons (Fsp3) is 0.484. The number of aryl methyl sites for hydroxylation is 1. The molecule has 0 spiro atoms. The number of piperazine rings is 1. The van der Waals surface area contributed by atoms with Crippen molar-refractivity contribution < 1.29 is 14.6 Å². The molecule has 43 heavy (non-hydrogen) atoms. The third kappa shape index (κ3) is 7.26. The summed E-state index contributed by atoms with van der Waals surface area (Å²) in [5.74, 6) is 0.396. The molecule has 230 valence electrons. The minimum Gasteiger partial charge on any atom is -0.495 e. The maximum absolute atomic E-state index is 9.00. The Morgan fingerprint density at radius 3 is 2.44 bits per heavy atom. The van der Waals surface area contributed by atoms with Crippen molar-refractivity contribution in [1.29, 1.82) is 0 Å². The number of carbonyl (C=O) groups is 1. The molecule has 2 fully saturated rings. The molecule has 4 heterocycles. The zero-order chi connectivity index (χ0) is 30.5. The Bertz CT molecular complexity index is 1530. The number of methoxy groups -OCH3 is 1. The van der Waals surface area contributed by atoms with Gasteiger partial charge in [-0.25, -0.2) is 14.6 Å². The highest BCUT2D eigenvalue weighted by Crippen LogP contribution is 2.39. The zero-order valence-electron chi connectivity index (χ0n) is 25.4. The van der Waals surface area contributed by atoms with Crippen LogP contribution in [0.3, 0.4) is 0 Å². The number of ether oxygens (including phenoxy) is 1. The topological polar surface area (TPSA) is 135 Å². The molecule has 0 bridgehead atoms. The summed E-state index contributed by atoms with van der Waals surface area (Å²) in [6.45, 7) is 8.63. The Morgan fingerprint density at radius 2 is 1.79 bits per heavy atom. The molecule has 0 atom stereocenters. The second-order valence-electron chi connectivity index (χ2n) is 11.4. The number of nitrogens with two attached hydrogens (primary N) is 1. The predicted molar refractivity (Wildman–Crippen MR) is 172 cm³/mol. The van der Waals surface area contributed by atoms with Gasteiger partial charge in [0.1, 0.15) is 23.6 Å². The van der Waals surface area contributed by atoms with E-state index in [-0.39, 0.29) is 0 Å². The fourth-order valence-corrected chi connectivity index (χ4v) is 6.88. The number of fused-ring (bicyclic) bond motifs is 1. The number of rotatable bonds is 7. The average molecular weight is 607 g/mol. The van der Waals surface area contributed by atoms with Crippen LogP contribution < -0.4 is 15.8 Å². The summed E-state index contributed by atoms with van der Waals surface area (Å²) < 4.78 is 7.89. The number of aliphatic carboxylic acids is 1. The first-order chi connectivity index (χ1) is 20.7. The lowest BCUT2D eigenvalue weighted by molar-refractivity contribution is -0.134. The van der Waals surface area contributed by atoms with Crippen molar-refractivity contribution in [3.05, 3.63) is 46.4 Å². The van der Waals surface area contributed by atoms with Gasteiger partial charge in [-0.3, -0.25) is 9.69 Å². The zero-order valence-corrected chi connectivity index (χ0v) is 26.2. The van der Waals surface area contributed by atoms with Gasteiger partial charge < -0.3 is 25.8 Å². The van der Waals surface area contributed by atoms with Crippen LogP contribution in [0.15, 0.2) is 36.7 Å². The van der Waals surface area contributed by atoms with Crippen LogP contribution in [0.2, 0.25) is 0 Å². The van der Waals surface area contributed by atoms with Gasteiger partial charge in [-0.15, -0.1) is 11.3 Å². The Morgan fingerprint density at radius 1 is 1.09 bits per heavy atom. The summed E-state index contributed by atoms with van der Waals surface area (Å²) in [5.41, 5.74) is 9.94. The molecule has 6 rings (SSSR count). The van der Waals surface area contributed by atoms with Crippen molar-refractivity contribution >= 4 is 39.8 Å². The van der Waals surface area contributed by atoms with E-state index >= 15 is 0 Å². The molecule has 0 unspecified atom stereocenters. The molecule has 2 aliphatic rings. The van der Waals surface area contributed by atoms with Crippen molar-refractivity contribution in [3.63, 3.8) is 0 Å². The number of aromatic nitrogens is 4. The van der Waals surface area contributed by atoms with Gasteiger partial charge in [-0.05, 0) is 63.9 Å². The molecule has 3 aromatic heterocycles. The lowest BCUT2D eigenvalue weighted by atomic mass is 9.90. The van der Waals surface area contributed by atoms with E-state index in [2.05, 4.69) is 68.0 Å². The maximum Gasteiger partial charge on any atom is 0.300 e. The second kappa shape index (κ2) is 13.7. The number of nitrogens with one attached hydrogen (secondary N) is 1. The summed E-state index contributed by atoms with van der Waals surface area (Å²) in [6, 6.07) is 11.4. The lowest BCUT2D eigenvalue weighted by Gasteiger charge is -2.41. The quantitative estimate of drug-likeness (QED) is 0.267. The Kier molecular flexibility index (Phi) is 9.79. The van der Waals surface area contributed by atoms with Crippen LogP contribution >= 0.6 is 11.3 Å². The predicted octanol–water partition coefficient (Wildman–Crippen LogP) is 4.89. The van der Waals surface area contributed by atoms with Crippen molar-refractivity contribution in [2.75, 3.05) is 51.4 Å². The Balaban J connectivity index is 0.000000868. The van der Waals surface area contributed by atoms with Gasteiger partial charge in [0.25, 0.3) is 5.97 Å². The molecule has 1 saturated carbocycles. The first kappa shape index (κ1) is 30.7. The van der Waals surface area contributed by atoms with E-state index in [1.165, 1.54) is 35.7 Å². The number of anilines is 2. The number of likely N-dealkylation sites (N-methyl/N-ethyl adjacent to an activating group) is 1. The number of nitrogens with zero attached hydrogens (tertiary/aromatic N) is 6. The van der Waals surface area contributed by atoms with Gasteiger partial charge in [0.05, 0.1) is 24.2 Å². The van der Waals surface area contributed by atoms with E-state index < -0.39 is 5.97 Å². The van der Waals surface area contributed by atoms with Gasteiger partial charge in [0.15, 0.2) is 5.65 Å². The van der Waals surface area contributed by atoms with Crippen LogP contribution in [0.5, 0.6) is 5.75 Å². The van der Waals surface area contributed by atoms with Crippen LogP contribution in [0.1, 0.15) is 48.4 Å². The average Bonchev–Trinajstić information content (AvgIpc) is 3.60. The number of nitrogen functional groups attached to an aromatic ring is 1. The number of thiophene rings is 1. The van der Waals surface area contributed by atoms with Gasteiger partial charge in [0.2, 0.25) is 0 Å². The minimum atomic E-state index is -0.833. The second-order valence-corrected chi connectivity index (χ2v) is 12.7. The van der Waals surface area contributed by atoms with E-state index in [0.29, 0.717) is 17.9 Å². The SMILES string of the molecule is CC(=O)O.COc1cc(-c2nn([C@H]3CC[C@H](N4CCN(C)CC4)CC3)c3ncnc(N)c23)ccc1NCc1ccc(C)s1. The normalized spacial score (nSPS) is 19.5. The molecule has 12 heteroatoms. The van der Waals surface area contributed by atoms with Crippen LogP contribution in [-0.2, 0) is 11.3 Å². The van der Waals surface area contributed by atoms with E-state index in [1.807, 2.05) is 6.07 Å². The standard InChI is InChI=1S/C29H38N8OS.C2H4O2/c1-19-4-10-23(39-19)17-31-24-11-5-20(16-25(24)38-3)27-26-28(30)32-18-33-29(26)37(34-27)22-8-6-21(7-9-22)36-14-12-35(2)13-15-36;1-2(3)4/h4-5,10-11,16,18,21-22,31H,6-9,12-15,17H2,1-3H3,(H2,30,32,33);1H3,(H,3,4)/t21-,22-;. The van der Waals surface area contributed by atoms with Crippen molar-refractivity contribution in [3.8, 4) is 17.0 Å². The minimum absolute atomic E-state index is 0.302. The van der Waals surface area contributed by atoms with E-state index in [0.717, 1.165) is 73.1 Å². The lowest BCUT2D eigenvalue weighted by Crippen LogP contribution is -2.49. The molecule has 11 nitrogen and oxygen atoms in total. The van der Waals surface area contributed by atoms with Crippen LogP contribution in [-0.4, -0.2) is 87.0 Å². The fourth-order valence-electron chi connectivity index (χ4n) is 6.05. The van der Waals surface area contributed by atoms with E-state index in [9.17, 15) is 0 Å². The molecule has 1 aliphatic heterocycles. The van der Waals surface area contributed by atoms with Crippen LogP contribution in [0.25, 0.3) is 22.3 Å². The Labute approximate surface area is 256 Å². The summed E-state index contributed by atoms with van der Waals surface area (Å²) >= 11 is 1.80. The maximum atomic E-state index is 9.00. The van der Waals surface area contributed by atoms with Crippen molar-refractivity contribution in [2.24, 2.45) is 0 Å². The van der Waals surface area contributed by atoms with Crippen molar-refractivity contribution in [1.82, 2.24) is 29.5 Å². The third-order valence-electron chi connectivity index (χ3n) is 8.31.